The zero-order valence-corrected chi connectivity index (χ0v) is 6.34. The Bertz CT molecular complexity index is 17.1. The van der Waals surface area contributed by atoms with Crippen molar-refractivity contribution in [2.75, 3.05) is 6.61 Å². The molecule has 0 atom stereocenters. The molecule has 0 rings (SSSR count). The average Bonchev–Trinajstić information content (AvgIpc) is 1.41. The Morgan fingerprint density at radius 3 is 2.60 bits per heavy atom. The van der Waals surface area contributed by atoms with Gasteiger partial charge in [-0.1, -0.05) is 11.5 Å². The summed E-state index contributed by atoms with van der Waals surface area (Å²) in [6.45, 7) is 2.83. The predicted molar refractivity (Wildman–Crippen MR) is 29.2 cm³/mol. The smallest absolute Gasteiger partial charge is 0.105 e. The van der Waals surface area contributed by atoms with E-state index >= 15 is 0 Å². The van der Waals surface area contributed by atoms with E-state index in [0.29, 0.717) is 0 Å². The van der Waals surface area contributed by atoms with Crippen LogP contribution in [-0.2, 0) is 4.18 Å². The Balaban J connectivity index is 2.19. The molecule has 0 radical (unpaired) electrons. The third-order valence-electron chi connectivity index (χ3n) is 0.236. The van der Waals surface area contributed by atoms with E-state index in [9.17, 15) is 0 Å². The van der Waals surface area contributed by atoms with Gasteiger partial charge in [0.2, 0.25) is 0 Å². The van der Waals surface area contributed by atoms with Crippen LogP contribution < -0.4 is 0 Å². The van der Waals surface area contributed by atoms with Gasteiger partial charge in [-0.3, -0.25) is 0 Å². The molecule has 0 aromatic carbocycles. The van der Waals surface area contributed by atoms with Crippen LogP contribution in [0.3, 0.4) is 0 Å². The Hall–Kier alpha value is 0.527. The molecule has 0 saturated carbocycles. The van der Waals surface area contributed by atoms with Gasteiger partial charge in [0.25, 0.3) is 0 Å². The second-order valence-corrected chi connectivity index (χ2v) is 2.14. The third-order valence-corrected chi connectivity index (χ3v) is 1.41. The predicted octanol–water partition coefficient (Wildman–Crippen LogP) is -0.0485. The maximum atomic E-state index is 4.81. The molecule has 0 saturated heterocycles. The highest BCUT2D eigenvalue weighted by Gasteiger charge is 1.64. The summed E-state index contributed by atoms with van der Waals surface area (Å²) < 4.78 is 4.81. The van der Waals surface area contributed by atoms with Gasteiger partial charge in [0, 0.05) is 0 Å². The molecule has 0 unspecified atom stereocenters. The van der Waals surface area contributed by atoms with E-state index in [2.05, 4.69) is 0 Å². The van der Waals surface area contributed by atoms with Crippen LogP contribution in [0.15, 0.2) is 0 Å². The normalized spacial score (nSPS) is 9.00. The van der Waals surface area contributed by atoms with Gasteiger partial charge in [-0.2, -0.15) is 0 Å². The topological polar surface area (TPSA) is 9.23 Å². The highest BCUT2D eigenvalue weighted by Crippen LogP contribution is 1.88. The molecule has 0 spiro atoms. The Morgan fingerprint density at radius 1 is 2.00 bits per heavy atom. The van der Waals surface area contributed by atoms with Crippen LogP contribution in [0.25, 0.3) is 0 Å². The Kier molecular flexibility index (Phi) is 5.00. The van der Waals surface area contributed by atoms with E-state index in [1.54, 1.807) is 11.5 Å². The van der Waals surface area contributed by atoms with Gasteiger partial charge >= 0.3 is 0 Å². The van der Waals surface area contributed by atoms with Crippen molar-refractivity contribution in [3.8, 4) is 0 Å². The first-order valence-electron chi connectivity index (χ1n) is 1.57. The van der Waals surface area contributed by atoms with Gasteiger partial charge in [0.15, 0.2) is 0 Å². The van der Waals surface area contributed by atoms with Crippen LogP contribution in [-0.4, -0.2) is 16.0 Å². The van der Waals surface area contributed by atoms with Gasteiger partial charge < -0.3 is 4.18 Å². The molecule has 0 amide bonds. The number of hydrogen-bond donors (Lipinski definition) is 0. The molecule has 0 aliphatic heterocycles. The first-order chi connectivity index (χ1) is 2.41. The lowest BCUT2D eigenvalue weighted by molar-refractivity contribution is 0.407. The average molecular weight is 108 g/mol. The van der Waals surface area contributed by atoms with Gasteiger partial charge in [-0.15, -0.1) is 0 Å². The van der Waals surface area contributed by atoms with Gasteiger partial charge in [0.1, 0.15) is 9.39 Å². The summed E-state index contributed by atoms with van der Waals surface area (Å²) in [5.41, 5.74) is 0. The summed E-state index contributed by atoms with van der Waals surface area (Å²) in [4.78, 5) is 0. The van der Waals surface area contributed by atoms with E-state index in [4.69, 9.17) is 4.18 Å². The third kappa shape index (κ3) is 4.53. The molecule has 3 heteroatoms. The van der Waals surface area contributed by atoms with Crippen molar-refractivity contribution in [1.29, 1.82) is 0 Å². The molecule has 0 heterocycles. The van der Waals surface area contributed by atoms with Gasteiger partial charge in [-0.25, -0.2) is 0 Å². The minimum Gasteiger partial charge on any atom is -0.323 e. The second kappa shape index (κ2) is 4.53. The summed E-state index contributed by atoms with van der Waals surface area (Å²) in [6, 6.07) is 0. The lowest BCUT2D eigenvalue weighted by atomic mass is 10.9. The fourth-order valence-corrected chi connectivity index (χ4v) is 1.06. The molecule has 0 aliphatic rings. The van der Waals surface area contributed by atoms with Crippen molar-refractivity contribution in [2.24, 2.45) is 0 Å². The molecule has 0 aromatic rings. The summed E-state index contributed by atoms with van der Waals surface area (Å²) >= 11 is 1.54. The van der Waals surface area contributed by atoms with Gasteiger partial charge in [-0.05, 0) is 6.92 Å². The lowest BCUT2D eigenvalue weighted by Crippen LogP contribution is -1.71. The molecule has 5 heavy (non-hydrogen) atoms. The van der Waals surface area contributed by atoms with Crippen molar-refractivity contribution in [1.82, 2.24) is 0 Å². The molecular weight excluding hydrogens is 100 g/mol. The molecular formula is C2H8OSSi. The second-order valence-electron chi connectivity index (χ2n) is 0.573. The summed E-state index contributed by atoms with van der Waals surface area (Å²) in [6.07, 6.45) is 0. The van der Waals surface area contributed by atoms with E-state index in [1.165, 1.54) is 0 Å². The van der Waals surface area contributed by atoms with Crippen LogP contribution in [0, 0.1) is 0 Å². The maximum Gasteiger partial charge on any atom is 0.105 e. The molecule has 0 bridgehead atoms. The van der Waals surface area contributed by atoms with Crippen LogP contribution in [0.2, 0.25) is 0 Å². The van der Waals surface area contributed by atoms with Gasteiger partial charge in [0.05, 0.1) is 6.61 Å². The van der Waals surface area contributed by atoms with Crippen LogP contribution >= 0.6 is 11.5 Å². The van der Waals surface area contributed by atoms with Crippen molar-refractivity contribution in [2.45, 2.75) is 6.92 Å². The van der Waals surface area contributed by atoms with Crippen molar-refractivity contribution >= 4 is 20.9 Å². The Labute approximate surface area is 39.4 Å². The molecule has 0 fully saturated rings. The van der Waals surface area contributed by atoms with Crippen molar-refractivity contribution < 1.29 is 4.18 Å². The molecule has 0 aromatic heterocycles. The fourth-order valence-electron chi connectivity index (χ4n) is 0.118. The fraction of sp³-hybridized carbons (Fsp3) is 1.00. The zero-order valence-electron chi connectivity index (χ0n) is 3.52. The minimum atomic E-state index is 0.841. The maximum absolute atomic E-state index is 4.81. The van der Waals surface area contributed by atoms with Crippen LogP contribution in [0.1, 0.15) is 6.92 Å². The highest BCUT2D eigenvalue weighted by molar-refractivity contribution is 8.15. The lowest BCUT2D eigenvalue weighted by Gasteiger charge is -1.85. The first kappa shape index (κ1) is 5.53. The molecule has 1 nitrogen and oxygen atoms in total. The molecule has 32 valence electrons. The summed E-state index contributed by atoms with van der Waals surface area (Å²) in [5.74, 6) is 0. The monoisotopic (exact) mass is 108 g/mol. The quantitative estimate of drug-likeness (QED) is 0.362. The minimum absolute atomic E-state index is 0.841. The van der Waals surface area contributed by atoms with E-state index in [-0.39, 0.29) is 0 Å². The Morgan fingerprint density at radius 2 is 2.60 bits per heavy atom. The van der Waals surface area contributed by atoms with Crippen molar-refractivity contribution in [3.63, 3.8) is 0 Å². The van der Waals surface area contributed by atoms with Crippen LogP contribution in [0.4, 0.5) is 0 Å². The number of rotatable bonds is 2. The highest BCUT2D eigenvalue weighted by atomic mass is 32.4. The molecule has 0 N–H and O–H groups in total. The van der Waals surface area contributed by atoms with E-state index < -0.39 is 0 Å². The first-order valence-corrected chi connectivity index (χ1v) is 5.17. The standard InChI is InChI=1S/C2H8OSSi/c1-2-3-4-5/h2H2,1,5H3. The SMILES string of the molecule is CCOS[SiH3]. The summed E-state index contributed by atoms with van der Waals surface area (Å²) in [7, 11) is 1.09. The van der Waals surface area contributed by atoms with E-state index in [0.717, 1.165) is 16.0 Å². The van der Waals surface area contributed by atoms with Crippen molar-refractivity contribution in [3.05, 3.63) is 0 Å². The zero-order chi connectivity index (χ0) is 4.12. The van der Waals surface area contributed by atoms with Crippen LogP contribution in [0.5, 0.6) is 0 Å². The number of hydrogen-bond acceptors (Lipinski definition) is 2. The van der Waals surface area contributed by atoms with E-state index in [1.807, 2.05) is 6.92 Å². The molecule has 0 aliphatic carbocycles. The summed E-state index contributed by atoms with van der Waals surface area (Å²) in [5, 5.41) is 0. The largest absolute Gasteiger partial charge is 0.323 e.